The van der Waals surface area contributed by atoms with Crippen molar-refractivity contribution in [3.8, 4) is 5.75 Å². The van der Waals surface area contributed by atoms with Crippen molar-refractivity contribution in [3.05, 3.63) is 106 Å². The number of carbonyl (C=O) groups excluding carboxylic acids is 2. The average Bonchev–Trinajstić information content (AvgIpc) is 3.16. The van der Waals surface area contributed by atoms with Gasteiger partial charge in [-0.2, -0.15) is 0 Å². The van der Waals surface area contributed by atoms with Gasteiger partial charge in [0.05, 0.1) is 25.0 Å². The largest absolute Gasteiger partial charge is 0.494 e. The first kappa shape index (κ1) is 22.4. The summed E-state index contributed by atoms with van der Waals surface area (Å²) < 4.78 is 10.3. The van der Waals surface area contributed by atoms with E-state index in [0.717, 1.165) is 22.6 Å². The zero-order valence-electron chi connectivity index (χ0n) is 18.2. The quantitative estimate of drug-likeness (QED) is 0.335. The van der Waals surface area contributed by atoms with Gasteiger partial charge in [-0.25, -0.2) is 4.79 Å². The Kier molecular flexibility index (Phi) is 6.61. The lowest BCUT2D eigenvalue weighted by Crippen LogP contribution is -2.25. The molecule has 0 saturated heterocycles. The summed E-state index contributed by atoms with van der Waals surface area (Å²) in [6.07, 6.45) is 3.70. The molecule has 33 heavy (non-hydrogen) atoms. The van der Waals surface area contributed by atoms with Crippen molar-refractivity contribution in [2.45, 2.75) is 6.92 Å². The molecule has 0 aliphatic carbocycles. The van der Waals surface area contributed by atoms with Crippen molar-refractivity contribution in [2.24, 2.45) is 0 Å². The van der Waals surface area contributed by atoms with E-state index < -0.39 is 5.97 Å². The third-order valence-corrected chi connectivity index (χ3v) is 5.44. The van der Waals surface area contributed by atoms with E-state index in [1.54, 1.807) is 41.3 Å². The summed E-state index contributed by atoms with van der Waals surface area (Å²) in [5, 5.41) is 0.614. The highest BCUT2D eigenvalue weighted by atomic mass is 35.5. The summed E-state index contributed by atoms with van der Waals surface area (Å²) in [6.45, 7) is 2.53. The lowest BCUT2D eigenvalue weighted by atomic mass is 10.1. The maximum atomic E-state index is 13.5. The van der Waals surface area contributed by atoms with E-state index in [4.69, 9.17) is 21.1 Å². The van der Waals surface area contributed by atoms with E-state index in [0.29, 0.717) is 28.5 Å². The van der Waals surface area contributed by atoms with Gasteiger partial charge in [-0.1, -0.05) is 35.9 Å². The van der Waals surface area contributed by atoms with Gasteiger partial charge in [0.1, 0.15) is 5.75 Å². The molecular formula is C27H22ClNO4. The van der Waals surface area contributed by atoms with Gasteiger partial charge in [0.15, 0.2) is 0 Å². The van der Waals surface area contributed by atoms with Crippen LogP contribution in [-0.2, 0) is 9.53 Å². The highest BCUT2D eigenvalue weighted by Gasteiger charge is 2.30. The molecule has 0 unspecified atom stereocenters. The van der Waals surface area contributed by atoms with Crippen LogP contribution in [0.1, 0.15) is 28.4 Å². The summed E-state index contributed by atoms with van der Waals surface area (Å²) in [4.78, 5) is 26.9. The van der Waals surface area contributed by atoms with Gasteiger partial charge >= 0.3 is 5.97 Å². The molecule has 166 valence electrons. The molecule has 1 amide bonds. The second-order valence-electron chi connectivity index (χ2n) is 7.32. The smallest absolute Gasteiger partial charge is 0.337 e. The van der Waals surface area contributed by atoms with Crippen molar-refractivity contribution >= 4 is 40.9 Å². The number of methoxy groups -OCH3 is 1. The molecule has 5 nitrogen and oxygen atoms in total. The summed E-state index contributed by atoms with van der Waals surface area (Å²) in [7, 11) is 1.33. The third kappa shape index (κ3) is 4.83. The van der Waals surface area contributed by atoms with Crippen molar-refractivity contribution in [1.82, 2.24) is 0 Å². The predicted octanol–water partition coefficient (Wildman–Crippen LogP) is 6.00. The van der Waals surface area contributed by atoms with Crippen LogP contribution in [0.25, 0.3) is 11.8 Å². The molecule has 0 bridgehead atoms. The van der Waals surface area contributed by atoms with Crippen molar-refractivity contribution in [2.75, 3.05) is 18.6 Å². The van der Waals surface area contributed by atoms with Crippen LogP contribution in [0.5, 0.6) is 5.75 Å². The number of halogens is 1. The van der Waals surface area contributed by atoms with E-state index in [1.807, 2.05) is 55.5 Å². The van der Waals surface area contributed by atoms with Crippen LogP contribution in [0, 0.1) is 0 Å². The Morgan fingerprint density at radius 1 is 0.970 bits per heavy atom. The number of hydrogen-bond donors (Lipinski definition) is 0. The molecule has 0 radical (unpaired) electrons. The highest BCUT2D eigenvalue weighted by Crippen LogP contribution is 2.36. The molecule has 3 aromatic rings. The number of ether oxygens (including phenoxy) is 2. The monoisotopic (exact) mass is 459 g/mol. The Bertz CT molecular complexity index is 1230. The fourth-order valence-corrected chi connectivity index (χ4v) is 3.70. The first-order chi connectivity index (χ1) is 16.0. The molecule has 0 saturated carbocycles. The van der Waals surface area contributed by atoms with Gasteiger partial charge < -0.3 is 9.47 Å². The number of hydrogen-bond acceptors (Lipinski definition) is 4. The topological polar surface area (TPSA) is 55.8 Å². The van der Waals surface area contributed by atoms with Gasteiger partial charge in [-0.05, 0) is 78.7 Å². The lowest BCUT2D eigenvalue weighted by molar-refractivity contribution is -0.113. The van der Waals surface area contributed by atoms with Gasteiger partial charge in [0.2, 0.25) is 0 Å². The molecule has 4 rings (SSSR count). The molecule has 0 spiro atoms. The average molecular weight is 460 g/mol. The minimum Gasteiger partial charge on any atom is -0.494 e. The molecule has 0 fully saturated rings. The Balaban J connectivity index is 1.73. The van der Waals surface area contributed by atoms with Gasteiger partial charge in [0, 0.05) is 16.3 Å². The second kappa shape index (κ2) is 9.76. The van der Waals surface area contributed by atoms with Crippen LogP contribution in [0.3, 0.4) is 0 Å². The Hall–Kier alpha value is -3.83. The van der Waals surface area contributed by atoms with Crippen LogP contribution in [0.2, 0.25) is 5.02 Å². The number of nitrogens with zero attached hydrogens (tertiary/aromatic N) is 1. The number of benzene rings is 3. The summed E-state index contributed by atoms with van der Waals surface area (Å²) in [5.41, 5.74) is 4.05. The fourth-order valence-electron chi connectivity index (χ4n) is 3.58. The highest BCUT2D eigenvalue weighted by molar-refractivity contribution is 6.30. The molecule has 3 aromatic carbocycles. The third-order valence-electron chi connectivity index (χ3n) is 5.18. The molecule has 6 heteroatoms. The van der Waals surface area contributed by atoms with Crippen LogP contribution >= 0.6 is 11.6 Å². The molecule has 1 aliphatic heterocycles. The van der Waals surface area contributed by atoms with Crippen molar-refractivity contribution in [1.29, 1.82) is 0 Å². The summed E-state index contributed by atoms with van der Waals surface area (Å²) in [5.74, 6) is 0.181. The molecule has 1 heterocycles. The predicted molar refractivity (Wildman–Crippen MR) is 130 cm³/mol. The molecular weight excluding hydrogens is 438 g/mol. The van der Waals surface area contributed by atoms with Crippen LogP contribution in [0.15, 0.2) is 84.4 Å². The lowest BCUT2D eigenvalue weighted by Gasteiger charge is -2.21. The first-order valence-corrected chi connectivity index (χ1v) is 10.8. The maximum absolute atomic E-state index is 13.5. The first-order valence-electron chi connectivity index (χ1n) is 10.4. The van der Waals surface area contributed by atoms with Crippen molar-refractivity contribution < 1.29 is 19.1 Å². The molecule has 0 N–H and O–H groups in total. The Morgan fingerprint density at radius 2 is 1.64 bits per heavy atom. The number of carbonyl (C=O) groups is 2. The maximum Gasteiger partial charge on any atom is 0.337 e. The van der Waals surface area contributed by atoms with E-state index in [2.05, 4.69) is 0 Å². The van der Waals surface area contributed by atoms with Crippen LogP contribution in [-0.4, -0.2) is 25.6 Å². The molecule has 0 atom stereocenters. The normalized spacial score (nSPS) is 14.4. The Labute approximate surface area is 197 Å². The minimum atomic E-state index is -0.432. The van der Waals surface area contributed by atoms with Crippen LogP contribution < -0.4 is 9.64 Å². The van der Waals surface area contributed by atoms with Crippen molar-refractivity contribution in [3.63, 3.8) is 0 Å². The van der Waals surface area contributed by atoms with Crippen LogP contribution in [0.4, 0.5) is 5.69 Å². The summed E-state index contributed by atoms with van der Waals surface area (Å²) in [6, 6.07) is 21.6. The SMILES string of the molecule is CCOc1ccc(/C=C2\C=C(c3ccc(Cl)cc3)N(c3ccc(C(=O)OC)cc3)C2=O)cc1. The van der Waals surface area contributed by atoms with E-state index in [1.165, 1.54) is 7.11 Å². The van der Waals surface area contributed by atoms with E-state index in [-0.39, 0.29) is 5.91 Å². The zero-order valence-corrected chi connectivity index (χ0v) is 19.0. The molecule has 0 aromatic heterocycles. The zero-order chi connectivity index (χ0) is 23.4. The second-order valence-corrected chi connectivity index (χ2v) is 7.75. The number of anilines is 1. The number of esters is 1. The van der Waals surface area contributed by atoms with E-state index >= 15 is 0 Å². The van der Waals surface area contributed by atoms with Gasteiger partial charge in [-0.15, -0.1) is 0 Å². The molecule has 1 aliphatic rings. The van der Waals surface area contributed by atoms with Gasteiger partial charge in [-0.3, -0.25) is 9.69 Å². The summed E-state index contributed by atoms with van der Waals surface area (Å²) >= 11 is 6.07. The minimum absolute atomic E-state index is 0.167. The number of rotatable bonds is 6. The van der Waals surface area contributed by atoms with Gasteiger partial charge in [0.25, 0.3) is 5.91 Å². The fraction of sp³-hybridized carbons (Fsp3) is 0.111. The Morgan fingerprint density at radius 3 is 2.24 bits per heavy atom. The standard InChI is InChI=1S/C27H22ClNO4/c1-3-33-24-14-4-18(5-15-24)16-21-17-25(19-6-10-22(28)11-7-19)29(26(21)30)23-12-8-20(9-13-23)27(31)32-2/h4-17H,3H2,1-2H3/b21-16+. The van der Waals surface area contributed by atoms with E-state index in [9.17, 15) is 9.59 Å². The number of amides is 1.